The third kappa shape index (κ3) is 4.62. The predicted octanol–water partition coefficient (Wildman–Crippen LogP) is 2.18. The number of nitrogens with zero attached hydrogens (tertiary/aromatic N) is 1. The second-order valence-electron chi connectivity index (χ2n) is 7.33. The van der Waals surface area contributed by atoms with E-state index in [1.807, 2.05) is 4.90 Å². The van der Waals surface area contributed by atoms with Gasteiger partial charge in [0.1, 0.15) is 0 Å². The Balaban J connectivity index is 1.31. The summed E-state index contributed by atoms with van der Waals surface area (Å²) >= 11 is 0. The van der Waals surface area contributed by atoms with Crippen molar-refractivity contribution in [3.8, 4) is 0 Å². The summed E-state index contributed by atoms with van der Waals surface area (Å²) in [5, 5.41) is 5.93. The van der Waals surface area contributed by atoms with Gasteiger partial charge in [0.15, 0.2) is 0 Å². The minimum atomic E-state index is -0.0865. The standard InChI is InChI=1S/C18H31N3O3/c22-17(21-12-13-24-16-9-4-8-15(16)21)10-5-11-19-18(23)20-14-6-2-1-3-7-14/h14-16H,1-13H2,(H2,19,20,23)/t15-,16+/m0/s1. The zero-order valence-electron chi connectivity index (χ0n) is 14.6. The summed E-state index contributed by atoms with van der Waals surface area (Å²) in [6.07, 6.45) is 10.6. The van der Waals surface area contributed by atoms with Gasteiger partial charge in [0.05, 0.1) is 18.8 Å². The van der Waals surface area contributed by atoms with Crippen LogP contribution in [0.4, 0.5) is 4.79 Å². The Hall–Kier alpha value is -1.30. The number of carbonyl (C=O) groups is 2. The number of rotatable bonds is 5. The third-order valence-corrected chi connectivity index (χ3v) is 5.60. The van der Waals surface area contributed by atoms with Crippen LogP contribution in [0, 0.1) is 0 Å². The molecular formula is C18H31N3O3. The van der Waals surface area contributed by atoms with Crippen LogP contribution in [0.5, 0.6) is 0 Å². The highest BCUT2D eigenvalue weighted by molar-refractivity contribution is 5.77. The lowest BCUT2D eigenvalue weighted by Crippen LogP contribution is -2.51. The summed E-state index contributed by atoms with van der Waals surface area (Å²) < 4.78 is 5.75. The van der Waals surface area contributed by atoms with Crippen LogP contribution >= 0.6 is 0 Å². The highest BCUT2D eigenvalue weighted by atomic mass is 16.5. The molecule has 3 rings (SSSR count). The summed E-state index contributed by atoms with van der Waals surface area (Å²) in [4.78, 5) is 26.3. The number of urea groups is 1. The Labute approximate surface area is 144 Å². The van der Waals surface area contributed by atoms with Gasteiger partial charge in [-0.05, 0) is 38.5 Å². The topological polar surface area (TPSA) is 70.7 Å². The molecule has 1 heterocycles. The van der Waals surface area contributed by atoms with Gasteiger partial charge in [0.2, 0.25) is 5.91 Å². The maximum Gasteiger partial charge on any atom is 0.315 e. The first-order chi connectivity index (χ1) is 11.7. The Morgan fingerprint density at radius 1 is 1.04 bits per heavy atom. The van der Waals surface area contributed by atoms with E-state index in [1.54, 1.807) is 0 Å². The third-order valence-electron chi connectivity index (χ3n) is 5.60. The van der Waals surface area contributed by atoms with Gasteiger partial charge in [-0.3, -0.25) is 4.79 Å². The maximum absolute atomic E-state index is 12.4. The number of morpholine rings is 1. The minimum absolute atomic E-state index is 0.0865. The lowest BCUT2D eigenvalue weighted by atomic mass is 9.96. The zero-order valence-corrected chi connectivity index (χ0v) is 14.6. The molecule has 0 aromatic rings. The number of hydrogen-bond acceptors (Lipinski definition) is 3. The Kier molecular flexibility index (Phi) is 6.35. The van der Waals surface area contributed by atoms with Gasteiger partial charge in [0, 0.05) is 25.6 Å². The highest BCUT2D eigenvalue weighted by Gasteiger charge is 2.37. The Morgan fingerprint density at radius 3 is 2.71 bits per heavy atom. The van der Waals surface area contributed by atoms with Crippen LogP contribution in [0.1, 0.15) is 64.2 Å². The molecule has 1 saturated heterocycles. The molecule has 136 valence electrons. The lowest BCUT2D eigenvalue weighted by molar-refractivity contribution is -0.144. The number of amides is 3. The molecular weight excluding hydrogens is 306 g/mol. The molecule has 2 aliphatic carbocycles. The molecule has 6 heteroatoms. The van der Waals surface area contributed by atoms with E-state index < -0.39 is 0 Å². The van der Waals surface area contributed by atoms with E-state index in [1.165, 1.54) is 19.3 Å². The van der Waals surface area contributed by atoms with E-state index in [2.05, 4.69) is 10.6 Å². The van der Waals surface area contributed by atoms with E-state index in [9.17, 15) is 9.59 Å². The van der Waals surface area contributed by atoms with Crippen LogP contribution in [-0.2, 0) is 9.53 Å². The summed E-state index contributed by atoms with van der Waals surface area (Å²) in [5.41, 5.74) is 0. The van der Waals surface area contributed by atoms with Crippen LogP contribution in [0.25, 0.3) is 0 Å². The van der Waals surface area contributed by atoms with Gasteiger partial charge < -0.3 is 20.3 Å². The summed E-state index contributed by atoms with van der Waals surface area (Å²) in [5.74, 6) is 0.213. The molecule has 3 amide bonds. The molecule has 0 radical (unpaired) electrons. The van der Waals surface area contributed by atoms with Gasteiger partial charge >= 0.3 is 6.03 Å². The average Bonchev–Trinajstić information content (AvgIpc) is 3.08. The molecule has 24 heavy (non-hydrogen) atoms. The number of hydrogen-bond donors (Lipinski definition) is 2. The number of carbonyl (C=O) groups excluding carboxylic acids is 2. The van der Waals surface area contributed by atoms with Crippen molar-refractivity contribution in [2.24, 2.45) is 0 Å². The van der Waals surface area contributed by atoms with Crippen molar-refractivity contribution in [3.05, 3.63) is 0 Å². The molecule has 0 aromatic heterocycles. The van der Waals surface area contributed by atoms with Crippen molar-refractivity contribution in [2.75, 3.05) is 19.7 Å². The first kappa shape index (κ1) is 17.5. The van der Waals surface area contributed by atoms with E-state index >= 15 is 0 Å². The average molecular weight is 337 g/mol. The number of fused-ring (bicyclic) bond motifs is 1. The van der Waals surface area contributed by atoms with Crippen LogP contribution < -0.4 is 10.6 Å². The van der Waals surface area contributed by atoms with Crippen LogP contribution in [-0.4, -0.2) is 54.7 Å². The Bertz CT molecular complexity index is 437. The maximum atomic E-state index is 12.4. The van der Waals surface area contributed by atoms with Gasteiger partial charge in [-0.1, -0.05) is 19.3 Å². The fourth-order valence-corrected chi connectivity index (χ4v) is 4.30. The first-order valence-corrected chi connectivity index (χ1v) is 9.69. The molecule has 6 nitrogen and oxygen atoms in total. The molecule has 2 atom stereocenters. The normalized spacial score (nSPS) is 27.6. The van der Waals surface area contributed by atoms with E-state index in [4.69, 9.17) is 4.74 Å². The van der Waals surface area contributed by atoms with Crippen molar-refractivity contribution in [1.82, 2.24) is 15.5 Å². The van der Waals surface area contributed by atoms with Gasteiger partial charge in [0.25, 0.3) is 0 Å². The smallest absolute Gasteiger partial charge is 0.315 e. The quantitative estimate of drug-likeness (QED) is 0.756. The van der Waals surface area contributed by atoms with Gasteiger partial charge in [-0.15, -0.1) is 0 Å². The van der Waals surface area contributed by atoms with Gasteiger partial charge in [-0.2, -0.15) is 0 Å². The molecule has 0 aromatic carbocycles. The first-order valence-electron chi connectivity index (χ1n) is 9.69. The van der Waals surface area contributed by atoms with Crippen LogP contribution in [0.2, 0.25) is 0 Å². The molecule has 3 fully saturated rings. The number of ether oxygens (including phenoxy) is 1. The largest absolute Gasteiger partial charge is 0.374 e. The second-order valence-corrected chi connectivity index (χ2v) is 7.33. The monoisotopic (exact) mass is 337 g/mol. The van der Waals surface area contributed by atoms with Crippen molar-refractivity contribution >= 4 is 11.9 Å². The SMILES string of the molecule is O=C(NCCCC(=O)N1CCO[C@@H]2CCC[C@@H]21)NC1CCCCC1. The molecule has 3 aliphatic rings. The summed E-state index contributed by atoms with van der Waals surface area (Å²) in [6.45, 7) is 1.94. The highest BCUT2D eigenvalue weighted by Crippen LogP contribution is 2.30. The van der Waals surface area contributed by atoms with Crippen molar-refractivity contribution in [1.29, 1.82) is 0 Å². The summed E-state index contributed by atoms with van der Waals surface area (Å²) in [7, 11) is 0. The fraction of sp³-hybridized carbons (Fsp3) is 0.889. The van der Waals surface area contributed by atoms with Crippen molar-refractivity contribution in [2.45, 2.75) is 82.4 Å². The molecule has 1 aliphatic heterocycles. The molecule has 0 spiro atoms. The minimum Gasteiger partial charge on any atom is -0.374 e. The summed E-state index contributed by atoms with van der Waals surface area (Å²) in [6, 6.07) is 0.526. The van der Waals surface area contributed by atoms with E-state index in [0.29, 0.717) is 32.0 Å². The lowest BCUT2D eigenvalue weighted by Gasteiger charge is -2.37. The molecule has 2 saturated carbocycles. The van der Waals surface area contributed by atoms with Crippen molar-refractivity contribution in [3.63, 3.8) is 0 Å². The van der Waals surface area contributed by atoms with E-state index in [0.717, 1.165) is 38.6 Å². The molecule has 0 unspecified atom stereocenters. The number of nitrogens with one attached hydrogen (secondary N) is 2. The van der Waals surface area contributed by atoms with Gasteiger partial charge in [-0.25, -0.2) is 4.79 Å². The van der Waals surface area contributed by atoms with Crippen LogP contribution in [0.3, 0.4) is 0 Å². The Morgan fingerprint density at radius 2 is 1.88 bits per heavy atom. The van der Waals surface area contributed by atoms with E-state index in [-0.39, 0.29) is 24.1 Å². The predicted molar refractivity (Wildman–Crippen MR) is 91.7 cm³/mol. The second kappa shape index (κ2) is 8.70. The van der Waals surface area contributed by atoms with Crippen LogP contribution in [0.15, 0.2) is 0 Å². The van der Waals surface area contributed by atoms with Crippen molar-refractivity contribution < 1.29 is 14.3 Å². The molecule has 0 bridgehead atoms. The fourth-order valence-electron chi connectivity index (χ4n) is 4.30. The molecule has 2 N–H and O–H groups in total. The zero-order chi connectivity index (χ0) is 16.8.